The van der Waals surface area contributed by atoms with E-state index in [1.54, 1.807) is 18.0 Å². The van der Waals surface area contributed by atoms with Crippen molar-refractivity contribution in [3.05, 3.63) is 30.0 Å². The van der Waals surface area contributed by atoms with Crippen molar-refractivity contribution in [2.75, 3.05) is 5.75 Å². The van der Waals surface area contributed by atoms with Crippen molar-refractivity contribution in [1.29, 1.82) is 0 Å². The molecule has 0 aliphatic heterocycles. The summed E-state index contributed by atoms with van der Waals surface area (Å²) in [6, 6.07) is 1.91. The van der Waals surface area contributed by atoms with Crippen LogP contribution in [0.5, 0.6) is 0 Å². The molecule has 7 heteroatoms. The first-order chi connectivity index (χ1) is 8.16. The van der Waals surface area contributed by atoms with E-state index in [9.17, 15) is 4.79 Å². The summed E-state index contributed by atoms with van der Waals surface area (Å²) in [4.78, 5) is 11.7. The molecule has 0 saturated heterocycles. The van der Waals surface area contributed by atoms with Gasteiger partial charge in [-0.15, -0.1) is 16.9 Å². The molecule has 0 radical (unpaired) electrons. The number of carboxylic acids is 1. The summed E-state index contributed by atoms with van der Waals surface area (Å²) in [5.41, 5.74) is -0.0329. The van der Waals surface area contributed by atoms with Gasteiger partial charge in [-0.25, -0.2) is 4.79 Å². The number of aromatic carboxylic acids is 1. The standard InChI is InChI=1S/C10H11N3O3S/c1-7-9(2-4-16-7)17-5-3-13-6-8(10(14)15)11-12-13/h2,4,6H,3,5H2,1H3,(H,14,15). The lowest BCUT2D eigenvalue weighted by Crippen LogP contribution is -2.01. The number of hydrogen-bond acceptors (Lipinski definition) is 5. The van der Waals surface area contributed by atoms with Crippen LogP contribution in [-0.2, 0) is 6.54 Å². The van der Waals surface area contributed by atoms with E-state index in [4.69, 9.17) is 9.52 Å². The lowest BCUT2D eigenvalue weighted by molar-refractivity contribution is 0.0690. The molecule has 0 atom stereocenters. The van der Waals surface area contributed by atoms with Crippen molar-refractivity contribution in [2.24, 2.45) is 0 Å². The molecular weight excluding hydrogens is 242 g/mol. The number of nitrogens with zero attached hydrogens (tertiary/aromatic N) is 3. The molecule has 0 bridgehead atoms. The van der Waals surface area contributed by atoms with Crippen molar-refractivity contribution in [1.82, 2.24) is 15.0 Å². The lowest BCUT2D eigenvalue weighted by atomic mass is 10.5. The van der Waals surface area contributed by atoms with Crippen LogP contribution in [0.3, 0.4) is 0 Å². The molecule has 6 nitrogen and oxygen atoms in total. The lowest BCUT2D eigenvalue weighted by Gasteiger charge is -1.99. The molecule has 2 aromatic rings. The molecule has 2 heterocycles. The highest BCUT2D eigenvalue weighted by atomic mass is 32.2. The normalized spacial score (nSPS) is 10.6. The summed E-state index contributed by atoms with van der Waals surface area (Å²) in [5.74, 6) is 0.609. The van der Waals surface area contributed by atoms with Crippen LogP contribution in [0.4, 0.5) is 0 Å². The highest BCUT2D eigenvalue weighted by Crippen LogP contribution is 2.22. The zero-order chi connectivity index (χ0) is 12.3. The fourth-order valence-corrected chi connectivity index (χ4v) is 2.18. The molecule has 0 spiro atoms. The van der Waals surface area contributed by atoms with Crippen molar-refractivity contribution < 1.29 is 14.3 Å². The Hall–Kier alpha value is -1.76. The van der Waals surface area contributed by atoms with Crippen molar-refractivity contribution in [3.63, 3.8) is 0 Å². The summed E-state index contributed by atoms with van der Waals surface area (Å²) in [6.45, 7) is 2.51. The summed E-state index contributed by atoms with van der Waals surface area (Å²) in [5, 5.41) is 15.9. The summed E-state index contributed by atoms with van der Waals surface area (Å²) < 4.78 is 6.69. The Morgan fingerprint density at radius 3 is 3.06 bits per heavy atom. The molecule has 0 aromatic carbocycles. The Labute approximate surface area is 102 Å². The zero-order valence-electron chi connectivity index (χ0n) is 9.16. The minimum Gasteiger partial charge on any atom is -0.476 e. The van der Waals surface area contributed by atoms with Crippen LogP contribution in [0.2, 0.25) is 0 Å². The minimum atomic E-state index is -1.06. The highest BCUT2D eigenvalue weighted by Gasteiger charge is 2.08. The van der Waals surface area contributed by atoms with Gasteiger partial charge in [0.25, 0.3) is 0 Å². The fourth-order valence-electron chi connectivity index (χ4n) is 1.28. The molecular formula is C10H11N3O3S. The third kappa shape index (κ3) is 2.88. The first kappa shape index (κ1) is 11.7. The molecule has 0 fully saturated rings. The zero-order valence-corrected chi connectivity index (χ0v) is 9.98. The van der Waals surface area contributed by atoms with Gasteiger partial charge in [0.2, 0.25) is 0 Å². The van der Waals surface area contributed by atoms with Crippen LogP contribution in [0.1, 0.15) is 16.2 Å². The highest BCUT2D eigenvalue weighted by molar-refractivity contribution is 7.99. The van der Waals surface area contributed by atoms with Crippen LogP contribution >= 0.6 is 11.8 Å². The smallest absolute Gasteiger partial charge is 0.358 e. The van der Waals surface area contributed by atoms with Crippen molar-refractivity contribution >= 4 is 17.7 Å². The van der Waals surface area contributed by atoms with E-state index in [-0.39, 0.29) is 5.69 Å². The molecule has 2 rings (SSSR count). The maximum atomic E-state index is 10.6. The number of furan rings is 1. The molecule has 0 aliphatic carbocycles. The van der Waals surface area contributed by atoms with Crippen LogP contribution < -0.4 is 0 Å². The SMILES string of the molecule is Cc1occc1SCCn1cc(C(=O)O)nn1. The molecule has 0 unspecified atom stereocenters. The maximum absolute atomic E-state index is 10.6. The first-order valence-electron chi connectivity index (χ1n) is 4.97. The van der Waals surface area contributed by atoms with Crippen LogP contribution in [0, 0.1) is 6.92 Å². The number of rotatable bonds is 5. The van der Waals surface area contributed by atoms with Gasteiger partial charge in [0.1, 0.15) is 5.76 Å². The van der Waals surface area contributed by atoms with E-state index >= 15 is 0 Å². The molecule has 90 valence electrons. The topological polar surface area (TPSA) is 81.2 Å². The Balaban J connectivity index is 1.86. The van der Waals surface area contributed by atoms with E-state index in [0.717, 1.165) is 16.4 Å². The van der Waals surface area contributed by atoms with Gasteiger partial charge in [-0.3, -0.25) is 4.68 Å². The van der Waals surface area contributed by atoms with Gasteiger partial charge in [-0.05, 0) is 13.0 Å². The average Bonchev–Trinajstić information content (AvgIpc) is 2.89. The largest absolute Gasteiger partial charge is 0.476 e. The number of carboxylic acid groups (broad SMARTS) is 1. The molecule has 0 amide bonds. The van der Waals surface area contributed by atoms with Crippen LogP contribution in [0.15, 0.2) is 27.8 Å². The molecule has 0 saturated carbocycles. The number of aromatic nitrogens is 3. The van der Waals surface area contributed by atoms with Gasteiger partial charge in [0.15, 0.2) is 5.69 Å². The van der Waals surface area contributed by atoms with E-state index in [2.05, 4.69) is 10.3 Å². The van der Waals surface area contributed by atoms with Gasteiger partial charge in [0.05, 0.1) is 19.0 Å². The number of hydrogen-bond donors (Lipinski definition) is 1. The summed E-state index contributed by atoms with van der Waals surface area (Å²) in [6.07, 6.45) is 3.07. The second kappa shape index (κ2) is 5.05. The van der Waals surface area contributed by atoms with E-state index < -0.39 is 5.97 Å². The fraction of sp³-hybridized carbons (Fsp3) is 0.300. The van der Waals surface area contributed by atoms with Gasteiger partial charge in [0, 0.05) is 10.6 Å². The van der Waals surface area contributed by atoms with Gasteiger partial charge in [-0.2, -0.15) is 0 Å². The van der Waals surface area contributed by atoms with E-state index in [1.807, 2.05) is 13.0 Å². The average molecular weight is 253 g/mol. The third-order valence-electron chi connectivity index (χ3n) is 2.15. The minimum absolute atomic E-state index is 0.0329. The number of thioether (sulfide) groups is 1. The molecule has 1 N–H and O–H groups in total. The Morgan fingerprint density at radius 1 is 1.65 bits per heavy atom. The maximum Gasteiger partial charge on any atom is 0.358 e. The Kier molecular flexibility index (Phi) is 3.48. The van der Waals surface area contributed by atoms with E-state index in [1.165, 1.54) is 10.9 Å². The predicted octanol–water partition coefficient (Wildman–Crippen LogP) is 1.67. The third-order valence-corrected chi connectivity index (χ3v) is 3.27. The number of carbonyl (C=O) groups is 1. The van der Waals surface area contributed by atoms with Crippen LogP contribution in [0.25, 0.3) is 0 Å². The number of aryl methyl sites for hydroxylation is 2. The van der Waals surface area contributed by atoms with E-state index in [0.29, 0.717) is 6.54 Å². The van der Waals surface area contributed by atoms with Crippen LogP contribution in [-0.4, -0.2) is 31.8 Å². The quantitative estimate of drug-likeness (QED) is 0.816. The second-order valence-electron chi connectivity index (χ2n) is 3.36. The molecule has 17 heavy (non-hydrogen) atoms. The molecule has 0 aliphatic rings. The van der Waals surface area contributed by atoms with Crippen molar-refractivity contribution in [2.45, 2.75) is 18.4 Å². The van der Waals surface area contributed by atoms with Gasteiger partial charge >= 0.3 is 5.97 Å². The predicted molar refractivity (Wildman–Crippen MR) is 61.2 cm³/mol. The monoisotopic (exact) mass is 253 g/mol. The molecule has 2 aromatic heterocycles. The second-order valence-corrected chi connectivity index (χ2v) is 4.50. The first-order valence-corrected chi connectivity index (χ1v) is 5.95. The summed E-state index contributed by atoms with van der Waals surface area (Å²) in [7, 11) is 0. The summed E-state index contributed by atoms with van der Waals surface area (Å²) >= 11 is 1.64. The van der Waals surface area contributed by atoms with Crippen molar-refractivity contribution in [3.8, 4) is 0 Å². The Bertz CT molecular complexity index is 520. The van der Waals surface area contributed by atoms with Gasteiger partial charge in [-0.1, -0.05) is 5.21 Å². The van der Waals surface area contributed by atoms with Gasteiger partial charge < -0.3 is 9.52 Å². The Morgan fingerprint density at radius 2 is 2.47 bits per heavy atom.